The van der Waals surface area contributed by atoms with E-state index in [4.69, 9.17) is 11.6 Å². The number of carbonyl (C=O) groups excluding carboxylic acids is 1. The number of anilines is 1. The van der Waals surface area contributed by atoms with E-state index in [1.54, 1.807) is 19.2 Å². The Labute approximate surface area is 127 Å². The first-order valence-electron chi connectivity index (χ1n) is 5.16. The second-order valence-corrected chi connectivity index (χ2v) is 5.97. The van der Waals surface area contributed by atoms with E-state index in [9.17, 15) is 4.79 Å². The average molecular weight is 392 g/mol. The Morgan fingerprint density at radius 1 is 1.44 bits per heavy atom. The normalized spacial score (nSPS) is 14.8. The van der Waals surface area contributed by atoms with Crippen LogP contribution in [0.3, 0.4) is 0 Å². The maximum absolute atomic E-state index is 12.4. The lowest BCUT2D eigenvalue weighted by molar-refractivity contribution is 0.103. The number of hydrogen-bond donors (Lipinski definition) is 1. The molecular formula is C12H9Br2ClN2O. The van der Waals surface area contributed by atoms with E-state index in [0.29, 0.717) is 22.7 Å². The fourth-order valence-corrected chi connectivity index (χ4v) is 3.16. The molecule has 0 spiro atoms. The van der Waals surface area contributed by atoms with Crippen molar-refractivity contribution in [2.24, 2.45) is 4.99 Å². The summed E-state index contributed by atoms with van der Waals surface area (Å²) in [6.45, 7) is 0. The third-order valence-corrected chi connectivity index (χ3v) is 3.95. The number of ketones is 1. The van der Waals surface area contributed by atoms with E-state index in [0.717, 1.165) is 14.8 Å². The minimum atomic E-state index is -0.182. The molecule has 1 aromatic carbocycles. The molecule has 94 valence electrons. The number of nitrogens with one attached hydrogen (secondary N) is 1. The monoisotopic (exact) mass is 390 g/mol. The zero-order valence-corrected chi connectivity index (χ0v) is 13.4. The molecule has 1 aliphatic rings. The van der Waals surface area contributed by atoms with Gasteiger partial charge < -0.3 is 5.32 Å². The van der Waals surface area contributed by atoms with Crippen molar-refractivity contribution in [3.05, 3.63) is 39.0 Å². The molecule has 1 heterocycles. The standard InChI is InChI=1S/C12H9Br2ClN2O/c1-16-6-2-3-9(15)7(4-6)12(18)11-8(13)5-10(14)17-11/h2-4,16H,5H2,1H3. The van der Waals surface area contributed by atoms with E-state index >= 15 is 0 Å². The number of allylic oxidation sites excluding steroid dienone is 2. The van der Waals surface area contributed by atoms with E-state index in [-0.39, 0.29) is 5.78 Å². The van der Waals surface area contributed by atoms with Crippen molar-refractivity contribution in [2.75, 3.05) is 12.4 Å². The van der Waals surface area contributed by atoms with Gasteiger partial charge in [0.25, 0.3) is 0 Å². The number of halogens is 3. The zero-order valence-electron chi connectivity index (χ0n) is 9.43. The summed E-state index contributed by atoms with van der Waals surface area (Å²) in [6.07, 6.45) is 0.602. The molecule has 0 atom stereocenters. The lowest BCUT2D eigenvalue weighted by atomic mass is 10.1. The summed E-state index contributed by atoms with van der Waals surface area (Å²) in [5, 5.41) is 3.40. The van der Waals surface area contributed by atoms with Crippen LogP contribution >= 0.6 is 43.5 Å². The van der Waals surface area contributed by atoms with Crippen molar-refractivity contribution in [1.29, 1.82) is 0 Å². The smallest absolute Gasteiger partial charge is 0.213 e. The molecule has 0 bridgehead atoms. The zero-order chi connectivity index (χ0) is 13.3. The van der Waals surface area contributed by atoms with Crippen molar-refractivity contribution in [1.82, 2.24) is 0 Å². The lowest BCUT2D eigenvalue weighted by Gasteiger charge is -2.06. The van der Waals surface area contributed by atoms with E-state index in [1.165, 1.54) is 0 Å². The lowest BCUT2D eigenvalue weighted by Crippen LogP contribution is -2.03. The van der Waals surface area contributed by atoms with Crippen LogP contribution < -0.4 is 5.32 Å². The Hall–Kier alpha value is -0.650. The van der Waals surface area contributed by atoms with Crippen LogP contribution in [0.25, 0.3) is 0 Å². The first kappa shape index (κ1) is 13.8. The molecule has 18 heavy (non-hydrogen) atoms. The predicted molar refractivity (Wildman–Crippen MR) is 82.3 cm³/mol. The Morgan fingerprint density at radius 2 is 2.17 bits per heavy atom. The molecule has 1 N–H and O–H groups in total. The molecule has 6 heteroatoms. The molecule has 0 aromatic heterocycles. The molecule has 0 fully saturated rings. The van der Waals surface area contributed by atoms with Gasteiger partial charge >= 0.3 is 0 Å². The van der Waals surface area contributed by atoms with Crippen LogP contribution in [0.15, 0.2) is 33.4 Å². The molecule has 0 unspecified atom stereocenters. The van der Waals surface area contributed by atoms with Crippen LogP contribution in [0, 0.1) is 0 Å². The van der Waals surface area contributed by atoms with Gasteiger partial charge in [0.2, 0.25) is 5.78 Å². The summed E-state index contributed by atoms with van der Waals surface area (Å²) in [4.78, 5) is 16.5. The number of hydrogen-bond acceptors (Lipinski definition) is 3. The van der Waals surface area contributed by atoms with Crippen LogP contribution in [0.2, 0.25) is 5.02 Å². The molecule has 0 saturated carbocycles. The van der Waals surface area contributed by atoms with Gasteiger partial charge in [-0.05, 0) is 34.1 Å². The highest BCUT2D eigenvalue weighted by Gasteiger charge is 2.23. The third-order valence-electron chi connectivity index (χ3n) is 2.51. The molecule has 2 rings (SSSR count). The van der Waals surface area contributed by atoms with E-state index < -0.39 is 0 Å². The maximum atomic E-state index is 12.4. The SMILES string of the molecule is CNc1ccc(Cl)c(C(=O)C2=C(Br)CC(Br)=N2)c1. The molecule has 1 aromatic rings. The van der Waals surface area contributed by atoms with Gasteiger partial charge in [-0.15, -0.1) is 0 Å². The molecule has 3 nitrogen and oxygen atoms in total. The van der Waals surface area contributed by atoms with Crippen LogP contribution in [0.5, 0.6) is 0 Å². The highest BCUT2D eigenvalue weighted by atomic mass is 79.9. The Kier molecular flexibility index (Phi) is 4.25. The number of Topliss-reactive ketones (excluding diaryl/α,β-unsaturated/α-hetero) is 1. The van der Waals surface area contributed by atoms with Gasteiger partial charge in [-0.2, -0.15) is 0 Å². The Balaban J connectivity index is 2.43. The van der Waals surface area contributed by atoms with Gasteiger partial charge in [0.05, 0.1) is 9.64 Å². The van der Waals surface area contributed by atoms with E-state index in [2.05, 4.69) is 42.2 Å². The second kappa shape index (κ2) is 5.55. The van der Waals surface area contributed by atoms with Crippen LogP contribution in [-0.2, 0) is 0 Å². The Bertz CT molecular complexity index is 581. The summed E-state index contributed by atoms with van der Waals surface area (Å²) in [7, 11) is 1.79. The van der Waals surface area contributed by atoms with Gasteiger partial charge in [-0.3, -0.25) is 4.79 Å². The highest BCUT2D eigenvalue weighted by molar-refractivity contribution is 9.18. The van der Waals surface area contributed by atoms with Crippen molar-refractivity contribution in [3.63, 3.8) is 0 Å². The molecule has 0 saturated heterocycles. The van der Waals surface area contributed by atoms with Gasteiger partial charge in [0.1, 0.15) is 5.70 Å². The molecule has 0 amide bonds. The molecule has 0 radical (unpaired) electrons. The van der Waals surface area contributed by atoms with Gasteiger partial charge in [0, 0.05) is 29.2 Å². The first-order chi connectivity index (χ1) is 8.52. The summed E-state index contributed by atoms with van der Waals surface area (Å²) in [6, 6.07) is 5.23. The third kappa shape index (κ3) is 2.68. The summed E-state index contributed by atoms with van der Waals surface area (Å²) in [5.74, 6) is -0.182. The fraction of sp³-hybridized carbons (Fsp3) is 0.167. The predicted octanol–water partition coefficient (Wildman–Crippen LogP) is 4.37. The van der Waals surface area contributed by atoms with Crippen molar-refractivity contribution in [2.45, 2.75) is 6.42 Å². The number of nitrogens with zero attached hydrogens (tertiary/aromatic N) is 1. The topological polar surface area (TPSA) is 41.5 Å². The highest BCUT2D eigenvalue weighted by Crippen LogP contribution is 2.32. The van der Waals surface area contributed by atoms with Crippen LogP contribution in [-0.4, -0.2) is 17.5 Å². The Morgan fingerprint density at radius 3 is 2.72 bits per heavy atom. The van der Waals surface area contributed by atoms with Crippen LogP contribution in [0.1, 0.15) is 16.8 Å². The van der Waals surface area contributed by atoms with Crippen molar-refractivity contribution >= 4 is 59.6 Å². The van der Waals surface area contributed by atoms with Gasteiger partial charge in [-0.1, -0.05) is 27.5 Å². The number of carbonyl (C=O) groups is 1. The quantitative estimate of drug-likeness (QED) is 0.776. The second-order valence-electron chi connectivity index (χ2n) is 3.69. The van der Waals surface area contributed by atoms with Gasteiger partial charge in [-0.25, -0.2) is 4.99 Å². The molecule has 0 aliphatic carbocycles. The average Bonchev–Trinajstić information content (AvgIpc) is 2.68. The minimum absolute atomic E-state index is 0.182. The van der Waals surface area contributed by atoms with Crippen LogP contribution in [0.4, 0.5) is 5.69 Å². The summed E-state index contributed by atoms with van der Waals surface area (Å²) < 4.78 is 1.50. The molecule has 1 aliphatic heterocycles. The first-order valence-corrected chi connectivity index (χ1v) is 7.13. The number of aliphatic imine (C=N–C) groups is 1. The van der Waals surface area contributed by atoms with Gasteiger partial charge in [0.15, 0.2) is 0 Å². The largest absolute Gasteiger partial charge is 0.388 e. The summed E-state index contributed by atoms with van der Waals surface area (Å²) in [5.41, 5.74) is 1.68. The minimum Gasteiger partial charge on any atom is -0.388 e. The van der Waals surface area contributed by atoms with E-state index in [1.807, 2.05) is 6.07 Å². The summed E-state index contributed by atoms with van der Waals surface area (Å²) >= 11 is 12.7. The maximum Gasteiger partial charge on any atom is 0.213 e. The number of benzene rings is 1. The van der Waals surface area contributed by atoms with Crippen molar-refractivity contribution < 1.29 is 4.79 Å². The molecular weight excluding hydrogens is 383 g/mol. The number of rotatable bonds is 3. The van der Waals surface area contributed by atoms with Crippen molar-refractivity contribution in [3.8, 4) is 0 Å². The fourth-order valence-electron chi connectivity index (χ4n) is 1.59.